The van der Waals surface area contributed by atoms with Gasteiger partial charge in [0, 0.05) is 69.0 Å². The summed E-state index contributed by atoms with van der Waals surface area (Å²) >= 11 is 0. The van der Waals surface area contributed by atoms with Crippen molar-refractivity contribution in [3.8, 4) is 0 Å². The summed E-state index contributed by atoms with van der Waals surface area (Å²) < 4.78 is 1.81. The molecule has 3 saturated heterocycles. The van der Waals surface area contributed by atoms with Crippen LogP contribution < -0.4 is 15.1 Å². The van der Waals surface area contributed by atoms with Gasteiger partial charge >= 0.3 is 0 Å². The van der Waals surface area contributed by atoms with E-state index in [1.165, 1.54) is 56.7 Å². The van der Waals surface area contributed by atoms with E-state index in [2.05, 4.69) is 68.5 Å². The van der Waals surface area contributed by atoms with Gasteiger partial charge in [0.2, 0.25) is 5.91 Å². The summed E-state index contributed by atoms with van der Waals surface area (Å²) in [5, 5.41) is 8.25. The lowest BCUT2D eigenvalue weighted by Crippen LogP contribution is -2.52. The number of nitrogens with zero attached hydrogens (tertiary/aromatic N) is 5. The molecule has 7 rings (SSSR count). The number of aromatic nitrogens is 2. The minimum Gasteiger partial charge on any atom is -0.371 e. The van der Waals surface area contributed by atoms with Crippen LogP contribution >= 0.6 is 0 Å². The van der Waals surface area contributed by atoms with Crippen molar-refractivity contribution in [2.45, 2.75) is 51.5 Å². The number of nitrogens with one attached hydrogen (secondary N) is 1. The van der Waals surface area contributed by atoms with Crippen molar-refractivity contribution in [3.05, 3.63) is 54.2 Å². The number of carbonyl (C=O) groups is 2. The minimum absolute atomic E-state index is 0.197. The Morgan fingerprint density at radius 2 is 1.62 bits per heavy atom. The van der Waals surface area contributed by atoms with E-state index >= 15 is 0 Å². The highest BCUT2D eigenvalue weighted by Crippen LogP contribution is 2.53. The molecule has 4 heterocycles. The van der Waals surface area contributed by atoms with Gasteiger partial charge in [-0.1, -0.05) is 18.2 Å². The molecule has 1 N–H and O–H groups in total. The van der Waals surface area contributed by atoms with E-state index in [1.807, 2.05) is 11.6 Å². The molecule has 1 atom stereocenters. The molecule has 1 unspecified atom stereocenters. The average molecular weight is 541 g/mol. The van der Waals surface area contributed by atoms with Crippen molar-refractivity contribution < 1.29 is 9.59 Å². The number of aryl methyl sites for hydroxylation is 1. The first-order valence-corrected chi connectivity index (χ1v) is 15.1. The second-order valence-corrected chi connectivity index (χ2v) is 12.6. The zero-order valence-corrected chi connectivity index (χ0v) is 23.5. The molecule has 0 bridgehead atoms. The van der Waals surface area contributed by atoms with E-state index in [1.54, 1.807) is 0 Å². The number of carbonyl (C=O) groups excluding carboxylic acids is 2. The zero-order valence-electron chi connectivity index (χ0n) is 23.5. The van der Waals surface area contributed by atoms with Gasteiger partial charge in [0.25, 0.3) is 5.91 Å². The topological polar surface area (TPSA) is 73.7 Å². The lowest BCUT2D eigenvalue weighted by Gasteiger charge is -2.54. The normalized spacial score (nSPS) is 24.0. The molecule has 3 aliphatic heterocycles. The summed E-state index contributed by atoms with van der Waals surface area (Å²) in [6.07, 6.45) is 6.35. The summed E-state index contributed by atoms with van der Waals surface area (Å²) in [7, 11) is 0. The number of amides is 2. The largest absolute Gasteiger partial charge is 0.371 e. The molecule has 40 heavy (non-hydrogen) atoms. The summed E-state index contributed by atoms with van der Waals surface area (Å²) in [6, 6.07) is 17.0. The minimum atomic E-state index is -0.426. The van der Waals surface area contributed by atoms with Gasteiger partial charge in [-0.05, 0) is 80.7 Å². The standard InChI is InChI=1S/C32H40N6O2/c1-23-27-19-26(7-8-28(27)38(34-23)29-9-10-30(39)33-31(29)40)37-17-15-35(16-18-37)22-24-20-32(21-24)11-13-36(14-12-32)25-5-3-2-4-6-25/h2-8,19,24,29H,9-18,20-22H2,1H3,(H,33,39,40). The summed E-state index contributed by atoms with van der Waals surface area (Å²) in [5.74, 6) is 0.402. The Hall–Kier alpha value is -3.39. The number of hydrogen-bond donors (Lipinski definition) is 1. The Balaban J connectivity index is 0.916. The van der Waals surface area contributed by atoms with Crippen LogP contribution in [0.15, 0.2) is 48.5 Å². The van der Waals surface area contributed by atoms with Gasteiger partial charge in [0.1, 0.15) is 6.04 Å². The van der Waals surface area contributed by atoms with Crippen molar-refractivity contribution in [1.82, 2.24) is 20.0 Å². The van der Waals surface area contributed by atoms with Crippen molar-refractivity contribution in [2.24, 2.45) is 11.3 Å². The second-order valence-electron chi connectivity index (χ2n) is 12.6. The molecule has 0 radical (unpaired) electrons. The van der Waals surface area contributed by atoms with Gasteiger partial charge < -0.3 is 9.80 Å². The lowest BCUT2D eigenvalue weighted by molar-refractivity contribution is -0.135. The van der Waals surface area contributed by atoms with Gasteiger partial charge in [-0.3, -0.25) is 24.5 Å². The highest BCUT2D eigenvalue weighted by Gasteiger charge is 2.46. The van der Waals surface area contributed by atoms with E-state index < -0.39 is 6.04 Å². The Morgan fingerprint density at radius 3 is 2.35 bits per heavy atom. The number of piperazine rings is 1. The monoisotopic (exact) mass is 540 g/mol. The van der Waals surface area contributed by atoms with Gasteiger partial charge in [-0.15, -0.1) is 0 Å². The van der Waals surface area contributed by atoms with Gasteiger partial charge in [-0.25, -0.2) is 0 Å². The van der Waals surface area contributed by atoms with E-state index in [4.69, 9.17) is 5.10 Å². The Bertz CT molecular complexity index is 1390. The molecule has 3 aromatic rings. The lowest BCUT2D eigenvalue weighted by atomic mass is 9.57. The van der Waals surface area contributed by atoms with Crippen LogP contribution in [0.4, 0.5) is 11.4 Å². The van der Waals surface area contributed by atoms with Crippen molar-refractivity contribution in [1.29, 1.82) is 0 Å². The van der Waals surface area contributed by atoms with Crippen molar-refractivity contribution in [2.75, 3.05) is 55.6 Å². The van der Waals surface area contributed by atoms with E-state index in [0.717, 1.165) is 48.7 Å². The van der Waals surface area contributed by atoms with Crippen LogP contribution in [0.2, 0.25) is 0 Å². The van der Waals surface area contributed by atoms with Gasteiger partial charge in [-0.2, -0.15) is 5.10 Å². The maximum absolute atomic E-state index is 12.5. The molecular formula is C32H40N6O2. The molecule has 8 heteroatoms. The zero-order chi connectivity index (χ0) is 27.3. The molecule has 1 spiro atoms. The predicted octanol–water partition coefficient (Wildman–Crippen LogP) is 4.14. The van der Waals surface area contributed by atoms with E-state index in [0.29, 0.717) is 18.3 Å². The third-order valence-electron chi connectivity index (χ3n) is 10.0. The van der Waals surface area contributed by atoms with Crippen molar-refractivity contribution >= 4 is 34.1 Å². The Morgan fingerprint density at radius 1 is 0.900 bits per heavy atom. The van der Waals surface area contributed by atoms with Gasteiger partial charge in [0.15, 0.2) is 0 Å². The highest BCUT2D eigenvalue weighted by atomic mass is 16.2. The summed E-state index contributed by atoms with van der Waals surface area (Å²) in [5.41, 5.74) is 5.09. The number of hydrogen-bond acceptors (Lipinski definition) is 6. The van der Waals surface area contributed by atoms with Crippen LogP contribution in [-0.4, -0.2) is 72.3 Å². The summed E-state index contributed by atoms with van der Waals surface area (Å²) in [6.45, 7) is 9.94. The smallest absolute Gasteiger partial charge is 0.251 e. The fraction of sp³-hybridized carbons (Fsp3) is 0.531. The fourth-order valence-corrected chi connectivity index (χ4v) is 7.77. The first-order valence-electron chi connectivity index (χ1n) is 15.1. The quantitative estimate of drug-likeness (QED) is 0.491. The van der Waals surface area contributed by atoms with Crippen LogP contribution in [-0.2, 0) is 9.59 Å². The molecule has 2 amide bonds. The first kappa shape index (κ1) is 25.6. The third kappa shape index (κ3) is 4.76. The first-order chi connectivity index (χ1) is 19.5. The average Bonchev–Trinajstić information content (AvgIpc) is 3.29. The van der Waals surface area contributed by atoms with Gasteiger partial charge in [0.05, 0.1) is 11.2 Å². The maximum atomic E-state index is 12.5. The molecule has 2 aromatic carbocycles. The number of anilines is 2. The number of piperidine rings is 2. The second kappa shape index (κ2) is 10.2. The molecule has 1 aliphatic carbocycles. The van der Waals surface area contributed by atoms with E-state index in [9.17, 15) is 9.59 Å². The van der Waals surface area contributed by atoms with Crippen LogP contribution in [0.3, 0.4) is 0 Å². The SMILES string of the molecule is Cc1nn(C2CCC(=O)NC2=O)c2ccc(N3CCN(CC4CC5(CCN(c6ccccc6)CC5)C4)CC3)cc12. The highest BCUT2D eigenvalue weighted by molar-refractivity contribution is 6.00. The van der Waals surface area contributed by atoms with Crippen LogP contribution in [0.25, 0.3) is 10.9 Å². The number of benzene rings is 2. The number of rotatable bonds is 5. The fourth-order valence-electron chi connectivity index (χ4n) is 7.77. The molecule has 1 aromatic heterocycles. The molecule has 4 fully saturated rings. The third-order valence-corrected chi connectivity index (χ3v) is 10.0. The Kier molecular flexibility index (Phi) is 6.53. The van der Waals surface area contributed by atoms with E-state index in [-0.39, 0.29) is 11.8 Å². The van der Waals surface area contributed by atoms with Crippen LogP contribution in [0.1, 0.15) is 50.3 Å². The number of para-hydroxylation sites is 1. The number of fused-ring (bicyclic) bond motifs is 1. The van der Waals surface area contributed by atoms with Crippen LogP contribution in [0, 0.1) is 18.3 Å². The molecule has 8 nitrogen and oxygen atoms in total. The molecule has 210 valence electrons. The van der Waals surface area contributed by atoms with Crippen molar-refractivity contribution in [3.63, 3.8) is 0 Å². The maximum Gasteiger partial charge on any atom is 0.251 e. The molecule has 4 aliphatic rings. The Labute approximate surface area is 236 Å². The summed E-state index contributed by atoms with van der Waals surface area (Å²) in [4.78, 5) is 31.8. The van der Waals surface area contributed by atoms with Crippen LogP contribution in [0.5, 0.6) is 0 Å². The molecule has 1 saturated carbocycles. The predicted molar refractivity (Wildman–Crippen MR) is 158 cm³/mol. The number of imide groups is 1. The molecular weight excluding hydrogens is 500 g/mol.